The molecule has 1 N–H and O–H groups in total. The van der Waals surface area contributed by atoms with Crippen LogP contribution in [0.1, 0.15) is 19.2 Å². The first-order valence-electron chi connectivity index (χ1n) is 6.73. The maximum atomic E-state index is 12.3. The van der Waals surface area contributed by atoms with Crippen LogP contribution in [0.3, 0.4) is 0 Å². The van der Waals surface area contributed by atoms with Crippen molar-refractivity contribution in [3.8, 4) is 11.3 Å². The second-order valence-corrected chi connectivity index (χ2v) is 5.58. The first kappa shape index (κ1) is 15.7. The Hall–Kier alpha value is -1.69. The van der Waals surface area contributed by atoms with Gasteiger partial charge in [-0.25, -0.2) is 9.97 Å². The number of anilines is 1. The van der Waals surface area contributed by atoms with Gasteiger partial charge in [0.15, 0.2) is 0 Å². The minimum atomic E-state index is -2.40. The van der Waals surface area contributed by atoms with Crippen molar-refractivity contribution in [1.29, 1.82) is 0 Å². The van der Waals surface area contributed by atoms with Crippen molar-refractivity contribution < 1.29 is 8.78 Å². The van der Waals surface area contributed by atoms with E-state index in [9.17, 15) is 8.78 Å². The third-order valence-electron chi connectivity index (χ3n) is 2.77. The molecule has 21 heavy (non-hydrogen) atoms. The molecule has 0 fully saturated rings. The predicted molar refractivity (Wildman–Crippen MR) is 82.8 cm³/mol. The van der Waals surface area contributed by atoms with Crippen LogP contribution in [0.25, 0.3) is 11.3 Å². The van der Waals surface area contributed by atoms with Gasteiger partial charge in [0.1, 0.15) is 11.6 Å². The maximum absolute atomic E-state index is 12.3. The monoisotopic (exact) mass is 309 g/mol. The van der Waals surface area contributed by atoms with E-state index >= 15 is 0 Å². The van der Waals surface area contributed by atoms with Crippen LogP contribution in [-0.4, -0.2) is 22.3 Å². The Labute approximate surface area is 127 Å². The standard InChI is InChI=1S/C15H17F2N3S/c1-3-8-18-14-9-13(19-10(2)20-14)11-4-6-12(7-5-11)21-15(16)17/h4-7,9,15H,3,8H2,1-2H3,(H,18,19,20). The fraction of sp³-hybridized carbons (Fsp3) is 0.333. The number of aromatic nitrogens is 2. The van der Waals surface area contributed by atoms with Gasteiger partial charge in [0.25, 0.3) is 5.76 Å². The number of hydrogen-bond acceptors (Lipinski definition) is 4. The second-order valence-electron chi connectivity index (χ2n) is 4.52. The Balaban J connectivity index is 2.22. The summed E-state index contributed by atoms with van der Waals surface area (Å²) in [6.07, 6.45) is 1.01. The van der Waals surface area contributed by atoms with Crippen LogP contribution in [0.2, 0.25) is 0 Å². The van der Waals surface area contributed by atoms with E-state index in [0.717, 1.165) is 30.0 Å². The molecule has 6 heteroatoms. The van der Waals surface area contributed by atoms with E-state index in [2.05, 4.69) is 22.2 Å². The van der Waals surface area contributed by atoms with Gasteiger partial charge in [-0.3, -0.25) is 0 Å². The average molecular weight is 309 g/mol. The molecule has 3 nitrogen and oxygen atoms in total. The van der Waals surface area contributed by atoms with E-state index in [-0.39, 0.29) is 0 Å². The minimum Gasteiger partial charge on any atom is -0.370 e. The normalized spacial score (nSPS) is 10.9. The molecule has 0 saturated carbocycles. The summed E-state index contributed by atoms with van der Waals surface area (Å²) >= 11 is 0.541. The van der Waals surface area contributed by atoms with Crippen molar-refractivity contribution in [2.24, 2.45) is 0 Å². The van der Waals surface area contributed by atoms with Crippen LogP contribution in [0.15, 0.2) is 35.2 Å². The molecule has 0 aliphatic carbocycles. The first-order chi connectivity index (χ1) is 10.1. The van der Waals surface area contributed by atoms with Crippen LogP contribution < -0.4 is 5.32 Å². The highest BCUT2D eigenvalue weighted by Crippen LogP contribution is 2.28. The van der Waals surface area contributed by atoms with E-state index in [1.54, 1.807) is 24.3 Å². The fourth-order valence-electron chi connectivity index (χ4n) is 1.87. The Kier molecular flexibility index (Phi) is 5.50. The molecular weight excluding hydrogens is 292 g/mol. The molecule has 0 radical (unpaired) electrons. The van der Waals surface area contributed by atoms with E-state index in [1.165, 1.54) is 0 Å². The Morgan fingerprint density at radius 3 is 2.52 bits per heavy atom. The number of aryl methyl sites for hydroxylation is 1. The quantitative estimate of drug-likeness (QED) is 0.792. The summed E-state index contributed by atoms with van der Waals surface area (Å²) in [6.45, 7) is 4.77. The summed E-state index contributed by atoms with van der Waals surface area (Å²) in [4.78, 5) is 9.27. The molecule has 0 bridgehead atoms. The Morgan fingerprint density at radius 1 is 1.19 bits per heavy atom. The molecule has 0 aliphatic heterocycles. The van der Waals surface area contributed by atoms with Gasteiger partial charge in [0.05, 0.1) is 5.69 Å². The molecule has 1 aromatic carbocycles. The van der Waals surface area contributed by atoms with Gasteiger partial charge in [-0.15, -0.1) is 0 Å². The van der Waals surface area contributed by atoms with Gasteiger partial charge < -0.3 is 5.32 Å². The van der Waals surface area contributed by atoms with Gasteiger partial charge >= 0.3 is 0 Å². The summed E-state index contributed by atoms with van der Waals surface area (Å²) in [5.74, 6) is -0.940. The Morgan fingerprint density at radius 2 is 1.90 bits per heavy atom. The molecule has 2 aromatic rings. The SMILES string of the molecule is CCCNc1cc(-c2ccc(SC(F)F)cc2)nc(C)n1. The molecule has 0 aliphatic rings. The van der Waals surface area contributed by atoms with Crippen molar-refractivity contribution in [2.75, 3.05) is 11.9 Å². The van der Waals surface area contributed by atoms with Gasteiger partial charge in [-0.2, -0.15) is 8.78 Å². The third-order valence-corrected chi connectivity index (χ3v) is 3.49. The number of hydrogen-bond donors (Lipinski definition) is 1. The highest BCUT2D eigenvalue weighted by molar-refractivity contribution is 7.99. The summed E-state index contributed by atoms with van der Waals surface area (Å²) < 4.78 is 24.6. The minimum absolute atomic E-state index is 0.541. The first-order valence-corrected chi connectivity index (χ1v) is 7.61. The van der Waals surface area contributed by atoms with Crippen molar-refractivity contribution in [2.45, 2.75) is 30.9 Å². The van der Waals surface area contributed by atoms with Gasteiger partial charge in [0, 0.05) is 23.1 Å². The molecule has 1 aromatic heterocycles. The summed E-state index contributed by atoms with van der Waals surface area (Å²) in [7, 11) is 0. The number of benzene rings is 1. The number of rotatable bonds is 6. The predicted octanol–water partition coefficient (Wildman–Crippen LogP) is 4.59. The Bertz CT molecular complexity index is 588. The van der Waals surface area contributed by atoms with Crippen LogP contribution in [0, 0.1) is 6.92 Å². The zero-order valence-corrected chi connectivity index (χ0v) is 12.8. The van der Waals surface area contributed by atoms with Crippen LogP contribution in [0.4, 0.5) is 14.6 Å². The number of alkyl halides is 2. The lowest BCUT2D eigenvalue weighted by atomic mass is 10.1. The zero-order valence-electron chi connectivity index (χ0n) is 11.9. The lowest BCUT2D eigenvalue weighted by Gasteiger charge is -2.08. The zero-order chi connectivity index (χ0) is 15.2. The number of halogens is 2. The smallest absolute Gasteiger partial charge is 0.288 e. The van der Waals surface area contributed by atoms with E-state index in [4.69, 9.17) is 0 Å². The molecule has 112 valence electrons. The fourth-order valence-corrected chi connectivity index (χ4v) is 2.37. The van der Waals surface area contributed by atoms with Crippen molar-refractivity contribution in [1.82, 2.24) is 9.97 Å². The molecule has 0 unspecified atom stereocenters. The second kappa shape index (κ2) is 7.36. The van der Waals surface area contributed by atoms with Gasteiger partial charge in [-0.1, -0.05) is 30.8 Å². The number of nitrogens with zero attached hydrogens (tertiary/aromatic N) is 2. The van der Waals surface area contributed by atoms with Crippen molar-refractivity contribution in [3.63, 3.8) is 0 Å². The molecule has 2 rings (SSSR count). The average Bonchev–Trinajstić information content (AvgIpc) is 2.44. The largest absolute Gasteiger partial charge is 0.370 e. The van der Waals surface area contributed by atoms with Crippen molar-refractivity contribution in [3.05, 3.63) is 36.2 Å². The molecule has 0 saturated heterocycles. The molecule has 0 spiro atoms. The van der Waals surface area contributed by atoms with E-state index in [1.807, 2.05) is 13.0 Å². The van der Waals surface area contributed by atoms with Gasteiger partial charge in [0.2, 0.25) is 0 Å². The molecule has 0 amide bonds. The van der Waals surface area contributed by atoms with Crippen LogP contribution in [-0.2, 0) is 0 Å². The van der Waals surface area contributed by atoms with Gasteiger partial charge in [-0.05, 0) is 25.5 Å². The molecular formula is C15H17F2N3S. The van der Waals surface area contributed by atoms with Crippen LogP contribution in [0.5, 0.6) is 0 Å². The summed E-state index contributed by atoms with van der Waals surface area (Å²) in [5.41, 5.74) is 1.67. The van der Waals surface area contributed by atoms with Crippen molar-refractivity contribution >= 4 is 17.6 Å². The lowest BCUT2D eigenvalue weighted by Crippen LogP contribution is -2.04. The van der Waals surface area contributed by atoms with E-state index in [0.29, 0.717) is 22.5 Å². The molecule has 1 heterocycles. The topological polar surface area (TPSA) is 37.8 Å². The third kappa shape index (κ3) is 4.67. The summed E-state index contributed by atoms with van der Waals surface area (Å²) in [6, 6.07) is 8.84. The number of nitrogens with one attached hydrogen (secondary N) is 1. The highest BCUT2D eigenvalue weighted by Gasteiger charge is 2.07. The van der Waals surface area contributed by atoms with E-state index < -0.39 is 5.76 Å². The van der Waals surface area contributed by atoms with Crippen LogP contribution >= 0.6 is 11.8 Å². The number of thioether (sulfide) groups is 1. The summed E-state index contributed by atoms with van der Waals surface area (Å²) in [5, 5.41) is 3.23. The maximum Gasteiger partial charge on any atom is 0.288 e. The molecule has 0 atom stereocenters. The highest BCUT2D eigenvalue weighted by atomic mass is 32.2. The lowest BCUT2D eigenvalue weighted by molar-refractivity contribution is 0.252.